The van der Waals surface area contributed by atoms with Gasteiger partial charge >= 0.3 is 0 Å². The first-order chi connectivity index (χ1) is 12.0. The molecule has 1 N–H and O–H groups in total. The average Bonchev–Trinajstić information content (AvgIpc) is 2.92. The lowest BCUT2D eigenvalue weighted by molar-refractivity contribution is 0.430. The molecule has 3 aromatic carbocycles. The standard InChI is InChI=1S/C18H13BrN2O3S/c1-11-17(19)18(24-20-11)21-25(22,23)14-8-9-16-13(10-14)7-6-12-4-2-3-5-15(12)16/h2-10,21H,1H3. The van der Waals surface area contributed by atoms with Crippen molar-refractivity contribution in [1.82, 2.24) is 5.16 Å². The fourth-order valence-corrected chi connectivity index (χ4v) is 4.17. The number of hydrogen-bond donors (Lipinski definition) is 1. The Kier molecular flexibility index (Phi) is 3.77. The fourth-order valence-electron chi connectivity index (χ4n) is 2.76. The highest BCUT2D eigenvalue weighted by Crippen LogP contribution is 2.30. The van der Waals surface area contributed by atoms with E-state index in [9.17, 15) is 8.42 Å². The summed E-state index contributed by atoms with van der Waals surface area (Å²) in [6.45, 7) is 1.71. The quantitative estimate of drug-likeness (QED) is 0.484. The Bertz CT molecular complexity index is 1220. The molecule has 0 fully saturated rings. The summed E-state index contributed by atoms with van der Waals surface area (Å²) in [6.07, 6.45) is 0. The van der Waals surface area contributed by atoms with E-state index in [1.807, 2.05) is 42.5 Å². The maximum atomic E-state index is 12.7. The SMILES string of the molecule is Cc1noc(NS(=O)(=O)c2ccc3c(ccc4ccccc43)c2)c1Br. The topological polar surface area (TPSA) is 72.2 Å². The van der Waals surface area contributed by atoms with Crippen molar-refractivity contribution < 1.29 is 12.9 Å². The smallest absolute Gasteiger partial charge is 0.264 e. The van der Waals surface area contributed by atoms with Crippen molar-refractivity contribution in [3.8, 4) is 0 Å². The van der Waals surface area contributed by atoms with E-state index in [1.165, 1.54) is 0 Å². The third kappa shape index (κ3) is 2.79. The predicted octanol–water partition coefficient (Wildman–Crippen LogP) is 4.85. The van der Waals surface area contributed by atoms with E-state index in [-0.39, 0.29) is 10.8 Å². The number of aryl methyl sites for hydroxylation is 1. The van der Waals surface area contributed by atoms with E-state index in [2.05, 4.69) is 25.8 Å². The number of rotatable bonds is 3. The van der Waals surface area contributed by atoms with Crippen molar-refractivity contribution in [3.63, 3.8) is 0 Å². The highest BCUT2D eigenvalue weighted by molar-refractivity contribution is 9.10. The lowest BCUT2D eigenvalue weighted by atomic mass is 10.0. The summed E-state index contributed by atoms with van der Waals surface area (Å²) in [5.41, 5.74) is 0.572. The highest BCUT2D eigenvalue weighted by atomic mass is 79.9. The predicted molar refractivity (Wildman–Crippen MR) is 101 cm³/mol. The Balaban J connectivity index is 1.81. The molecular formula is C18H13BrN2O3S. The number of fused-ring (bicyclic) bond motifs is 3. The van der Waals surface area contributed by atoms with Gasteiger partial charge in [-0.25, -0.2) is 13.1 Å². The van der Waals surface area contributed by atoms with Crippen molar-refractivity contribution in [3.05, 3.63) is 64.8 Å². The Labute approximate surface area is 152 Å². The Morgan fingerprint density at radius 3 is 2.48 bits per heavy atom. The van der Waals surface area contributed by atoms with Crippen LogP contribution in [0.4, 0.5) is 5.88 Å². The summed E-state index contributed by atoms with van der Waals surface area (Å²) < 4.78 is 33.2. The van der Waals surface area contributed by atoms with Crippen molar-refractivity contribution in [1.29, 1.82) is 0 Å². The fraction of sp³-hybridized carbons (Fsp3) is 0.0556. The van der Waals surface area contributed by atoms with Gasteiger partial charge in [0.1, 0.15) is 4.47 Å². The summed E-state index contributed by atoms with van der Waals surface area (Å²) in [7, 11) is -3.78. The lowest BCUT2D eigenvalue weighted by Crippen LogP contribution is -2.12. The normalized spacial score (nSPS) is 11.9. The molecule has 0 amide bonds. The Morgan fingerprint density at radius 1 is 1.00 bits per heavy atom. The zero-order valence-electron chi connectivity index (χ0n) is 13.2. The molecule has 4 aromatic rings. The van der Waals surface area contributed by atoms with Crippen molar-refractivity contribution in [2.45, 2.75) is 11.8 Å². The molecule has 1 heterocycles. The maximum absolute atomic E-state index is 12.7. The maximum Gasteiger partial charge on any atom is 0.264 e. The molecule has 0 atom stereocenters. The molecule has 0 aliphatic rings. The zero-order chi connectivity index (χ0) is 17.6. The zero-order valence-corrected chi connectivity index (χ0v) is 15.6. The molecular weight excluding hydrogens is 404 g/mol. The molecule has 0 unspecified atom stereocenters. The lowest BCUT2D eigenvalue weighted by Gasteiger charge is -2.08. The van der Waals surface area contributed by atoms with Gasteiger partial charge in [-0.3, -0.25) is 0 Å². The molecule has 4 rings (SSSR count). The summed E-state index contributed by atoms with van der Waals surface area (Å²) in [4.78, 5) is 0.163. The van der Waals surface area contributed by atoms with E-state index in [0.29, 0.717) is 10.2 Å². The number of halogens is 1. The largest absolute Gasteiger partial charge is 0.336 e. The van der Waals surface area contributed by atoms with Crippen molar-refractivity contribution >= 4 is 53.4 Å². The number of anilines is 1. The van der Waals surface area contributed by atoms with Gasteiger partial charge in [-0.05, 0) is 56.5 Å². The van der Waals surface area contributed by atoms with Crippen LogP contribution in [-0.2, 0) is 10.0 Å². The monoisotopic (exact) mass is 416 g/mol. The van der Waals surface area contributed by atoms with Gasteiger partial charge in [0.2, 0.25) is 0 Å². The van der Waals surface area contributed by atoms with Gasteiger partial charge in [0.15, 0.2) is 0 Å². The summed E-state index contributed by atoms with van der Waals surface area (Å²) in [5.74, 6) is 0.0658. The van der Waals surface area contributed by atoms with Crippen molar-refractivity contribution in [2.75, 3.05) is 4.72 Å². The molecule has 0 spiro atoms. The summed E-state index contributed by atoms with van der Waals surface area (Å²) >= 11 is 3.26. The molecule has 0 saturated carbocycles. The number of hydrogen-bond acceptors (Lipinski definition) is 4. The van der Waals surface area contributed by atoms with Crippen LogP contribution in [0.5, 0.6) is 0 Å². The van der Waals surface area contributed by atoms with Gasteiger partial charge in [0.05, 0.1) is 10.6 Å². The summed E-state index contributed by atoms with van der Waals surface area (Å²) in [6, 6.07) is 17.0. The van der Waals surface area contributed by atoms with Gasteiger partial charge < -0.3 is 4.52 Å². The first-order valence-corrected chi connectivity index (χ1v) is 9.79. The molecule has 1 aromatic heterocycles. The number of sulfonamides is 1. The van der Waals surface area contributed by atoms with Crippen molar-refractivity contribution in [2.24, 2.45) is 0 Å². The third-order valence-electron chi connectivity index (χ3n) is 4.04. The van der Waals surface area contributed by atoms with Gasteiger partial charge in [0.25, 0.3) is 15.9 Å². The van der Waals surface area contributed by atoms with Crippen LogP contribution in [-0.4, -0.2) is 13.6 Å². The average molecular weight is 417 g/mol. The van der Waals surface area contributed by atoms with Crippen LogP contribution < -0.4 is 4.72 Å². The highest BCUT2D eigenvalue weighted by Gasteiger charge is 2.20. The molecule has 5 nitrogen and oxygen atoms in total. The third-order valence-corrected chi connectivity index (χ3v) is 6.31. The molecule has 126 valence electrons. The molecule has 25 heavy (non-hydrogen) atoms. The van der Waals surface area contributed by atoms with E-state index in [4.69, 9.17) is 4.52 Å². The number of nitrogens with one attached hydrogen (secondary N) is 1. The van der Waals surface area contributed by atoms with Crippen LogP contribution in [0.3, 0.4) is 0 Å². The van der Waals surface area contributed by atoms with Crippen LogP contribution in [0.25, 0.3) is 21.5 Å². The Hall–Kier alpha value is -2.38. The minimum atomic E-state index is -3.78. The van der Waals surface area contributed by atoms with E-state index in [1.54, 1.807) is 19.1 Å². The molecule has 0 bridgehead atoms. The van der Waals surface area contributed by atoms with Gasteiger partial charge in [-0.15, -0.1) is 0 Å². The van der Waals surface area contributed by atoms with Gasteiger partial charge in [-0.1, -0.05) is 47.6 Å². The first-order valence-electron chi connectivity index (χ1n) is 7.52. The number of aromatic nitrogens is 1. The molecule has 7 heteroatoms. The van der Waals surface area contributed by atoms with Crippen LogP contribution in [0.15, 0.2) is 68.5 Å². The second-order valence-electron chi connectivity index (χ2n) is 5.69. The second-order valence-corrected chi connectivity index (χ2v) is 8.16. The molecule has 0 saturated heterocycles. The van der Waals surface area contributed by atoms with E-state index >= 15 is 0 Å². The minimum absolute atomic E-state index is 0.0658. The molecule has 0 radical (unpaired) electrons. The van der Waals surface area contributed by atoms with Gasteiger partial charge in [-0.2, -0.15) is 0 Å². The number of nitrogens with zero attached hydrogens (tertiary/aromatic N) is 1. The summed E-state index contributed by atoms with van der Waals surface area (Å²) in [5, 5.41) is 7.80. The number of benzene rings is 3. The molecule has 0 aliphatic heterocycles. The van der Waals surface area contributed by atoms with Gasteiger partial charge in [0, 0.05) is 0 Å². The van der Waals surface area contributed by atoms with E-state index < -0.39 is 10.0 Å². The molecule has 0 aliphatic carbocycles. The Morgan fingerprint density at radius 2 is 1.72 bits per heavy atom. The minimum Gasteiger partial charge on any atom is -0.336 e. The van der Waals surface area contributed by atoms with Crippen LogP contribution >= 0.6 is 15.9 Å². The van der Waals surface area contributed by atoms with E-state index in [0.717, 1.165) is 21.5 Å². The first kappa shape index (κ1) is 16.1. The van der Waals surface area contributed by atoms with Crippen LogP contribution in [0.2, 0.25) is 0 Å². The van der Waals surface area contributed by atoms with Crippen LogP contribution in [0, 0.1) is 6.92 Å². The second kappa shape index (κ2) is 5.86. The van der Waals surface area contributed by atoms with Crippen LogP contribution in [0.1, 0.15) is 5.69 Å².